The van der Waals surface area contributed by atoms with Crippen molar-refractivity contribution >= 4 is 11.8 Å². The Kier molecular flexibility index (Phi) is 4.99. The van der Waals surface area contributed by atoms with Crippen molar-refractivity contribution in [2.24, 2.45) is 0 Å². The fraction of sp³-hybridized carbons (Fsp3) is 0.353. The highest BCUT2D eigenvalue weighted by molar-refractivity contribution is 7.99. The second-order valence-electron chi connectivity index (χ2n) is 5.35. The predicted octanol–water partition coefficient (Wildman–Crippen LogP) is 3.38. The van der Waals surface area contributed by atoms with Crippen molar-refractivity contribution in [3.05, 3.63) is 48.3 Å². The molecule has 3 rings (SSSR count). The molecule has 1 aromatic carbocycles. The topological polar surface area (TPSA) is 63.7 Å². The molecule has 6 heteroatoms. The number of thioether (sulfide) groups is 1. The van der Waals surface area contributed by atoms with E-state index in [1.54, 1.807) is 23.9 Å². The Balaban J connectivity index is 1.52. The molecule has 0 radical (unpaired) electrons. The lowest BCUT2D eigenvalue weighted by molar-refractivity contribution is 0.344. The predicted molar refractivity (Wildman–Crippen MR) is 89.6 cm³/mol. The van der Waals surface area contributed by atoms with Gasteiger partial charge in [0, 0.05) is 18.2 Å². The Hall–Kier alpha value is -2.26. The maximum atomic E-state index is 8.77. The van der Waals surface area contributed by atoms with Gasteiger partial charge in [-0.05, 0) is 37.1 Å². The van der Waals surface area contributed by atoms with Gasteiger partial charge in [-0.15, -0.1) is 16.8 Å². The largest absolute Gasteiger partial charge is 0.493 e. The van der Waals surface area contributed by atoms with Gasteiger partial charge in [0.2, 0.25) is 0 Å². The third-order valence-electron chi connectivity index (χ3n) is 3.57. The molecule has 0 aliphatic heterocycles. The number of aromatic nitrogens is 3. The molecule has 23 heavy (non-hydrogen) atoms. The summed E-state index contributed by atoms with van der Waals surface area (Å²) in [5.41, 5.74) is 0.636. The standard InChI is InChI=1S/C17H18N4OS/c1-2-9-21-16(14-5-6-14)19-20-17(21)23-11-10-22-15-7-3-13(12-18)4-8-15/h2-4,7-8,14H,1,5-6,9-11H2. The minimum Gasteiger partial charge on any atom is -0.493 e. The van der Waals surface area contributed by atoms with Crippen LogP contribution < -0.4 is 4.74 Å². The van der Waals surface area contributed by atoms with Gasteiger partial charge in [-0.2, -0.15) is 5.26 Å². The Morgan fingerprint density at radius 2 is 2.13 bits per heavy atom. The van der Waals surface area contributed by atoms with E-state index in [9.17, 15) is 0 Å². The molecule has 0 bridgehead atoms. The number of hydrogen-bond donors (Lipinski definition) is 0. The van der Waals surface area contributed by atoms with E-state index in [0.717, 1.165) is 29.0 Å². The first-order chi connectivity index (χ1) is 11.3. The Labute approximate surface area is 140 Å². The normalized spacial score (nSPS) is 13.5. The highest BCUT2D eigenvalue weighted by Gasteiger charge is 2.30. The quantitative estimate of drug-likeness (QED) is 0.423. The molecule has 0 saturated heterocycles. The van der Waals surface area contributed by atoms with Gasteiger partial charge in [0.05, 0.1) is 18.2 Å². The minimum atomic E-state index is 0.576. The van der Waals surface area contributed by atoms with Crippen LogP contribution in [0, 0.1) is 11.3 Å². The highest BCUT2D eigenvalue weighted by atomic mass is 32.2. The maximum Gasteiger partial charge on any atom is 0.191 e. The van der Waals surface area contributed by atoms with E-state index in [-0.39, 0.29) is 0 Å². The van der Waals surface area contributed by atoms with Crippen LogP contribution in [0.5, 0.6) is 5.75 Å². The number of benzene rings is 1. The number of allylic oxidation sites excluding steroid dienone is 1. The van der Waals surface area contributed by atoms with Crippen LogP contribution in [0.1, 0.15) is 30.1 Å². The fourth-order valence-electron chi connectivity index (χ4n) is 2.27. The second-order valence-corrected chi connectivity index (χ2v) is 6.41. The van der Waals surface area contributed by atoms with E-state index >= 15 is 0 Å². The first kappa shape index (κ1) is 15.6. The van der Waals surface area contributed by atoms with Crippen molar-refractivity contribution in [3.63, 3.8) is 0 Å². The zero-order valence-electron chi connectivity index (χ0n) is 12.8. The van der Waals surface area contributed by atoms with Crippen molar-refractivity contribution < 1.29 is 4.74 Å². The van der Waals surface area contributed by atoms with Crippen LogP contribution in [-0.4, -0.2) is 27.1 Å². The number of hydrogen-bond acceptors (Lipinski definition) is 5. The van der Waals surface area contributed by atoms with E-state index in [1.165, 1.54) is 12.8 Å². The SMILES string of the molecule is C=CCn1c(SCCOc2ccc(C#N)cc2)nnc1C1CC1. The average molecular weight is 326 g/mol. The Morgan fingerprint density at radius 3 is 2.78 bits per heavy atom. The average Bonchev–Trinajstić information content (AvgIpc) is 3.35. The summed E-state index contributed by atoms with van der Waals surface area (Å²) in [5.74, 6) is 3.22. The first-order valence-electron chi connectivity index (χ1n) is 7.61. The van der Waals surface area contributed by atoms with Gasteiger partial charge in [-0.3, -0.25) is 0 Å². The zero-order chi connectivity index (χ0) is 16.1. The minimum absolute atomic E-state index is 0.576. The lowest BCUT2D eigenvalue weighted by Crippen LogP contribution is -2.05. The summed E-state index contributed by atoms with van der Waals surface area (Å²) in [7, 11) is 0. The molecule has 1 fully saturated rings. The van der Waals surface area contributed by atoms with Gasteiger partial charge in [0.15, 0.2) is 5.16 Å². The molecule has 0 amide bonds. The van der Waals surface area contributed by atoms with E-state index in [0.29, 0.717) is 18.1 Å². The van der Waals surface area contributed by atoms with Crippen LogP contribution in [-0.2, 0) is 6.54 Å². The highest BCUT2D eigenvalue weighted by Crippen LogP contribution is 2.40. The molecule has 5 nitrogen and oxygen atoms in total. The summed E-state index contributed by atoms with van der Waals surface area (Å²) in [6, 6.07) is 9.23. The molecular formula is C17H18N4OS. The van der Waals surface area contributed by atoms with Crippen LogP contribution in [0.3, 0.4) is 0 Å². The van der Waals surface area contributed by atoms with Crippen molar-refractivity contribution in [1.82, 2.24) is 14.8 Å². The van der Waals surface area contributed by atoms with Crippen LogP contribution in [0.4, 0.5) is 0 Å². The number of nitrogens with zero attached hydrogens (tertiary/aromatic N) is 4. The van der Waals surface area contributed by atoms with Crippen LogP contribution in [0.25, 0.3) is 0 Å². The first-order valence-corrected chi connectivity index (χ1v) is 8.60. The summed E-state index contributed by atoms with van der Waals surface area (Å²) >= 11 is 1.64. The molecular weight excluding hydrogens is 308 g/mol. The van der Waals surface area contributed by atoms with Gasteiger partial charge in [0.25, 0.3) is 0 Å². The summed E-state index contributed by atoms with van der Waals surface area (Å²) in [5, 5.41) is 18.3. The molecule has 1 aromatic heterocycles. The smallest absolute Gasteiger partial charge is 0.191 e. The molecule has 0 N–H and O–H groups in total. The lowest BCUT2D eigenvalue weighted by atomic mass is 10.2. The molecule has 1 saturated carbocycles. The van der Waals surface area contributed by atoms with E-state index in [1.807, 2.05) is 18.2 Å². The summed E-state index contributed by atoms with van der Waals surface area (Å²) in [6.45, 7) is 5.14. The van der Waals surface area contributed by atoms with E-state index in [4.69, 9.17) is 10.00 Å². The maximum absolute atomic E-state index is 8.77. The van der Waals surface area contributed by atoms with Gasteiger partial charge in [-0.25, -0.2) is 0 Å². The number of nitriles is 1. The Morgan fingerprint density at radius 1 is 1.35 bits per heavy atom. The van der Waals surface area contributed by atoms with Gasteiger partial charge >= 0.3 is 0 Å². The Bertz CT molecular complexity index is 713. The monoisotopic (exact) mass is 326 g/mol. The van der Waals surface area contributed by atoms with E-state index in [2.05, 4.69) is 27.4 Å². The van der Waals surface area contributed by atoms with Gasteiger partial charge < -0.3 is 9.30 Å². The molecule has 0 spiro atoms. The second kappa shape index (κ2) is 7.34. The molecule has 0 atom stereocenters. The van der Waals surface area contributed by atoms with Crippen molar-refractivity contribution in [1.29, 1.82) is 5.26 Å². The summed E-state index contributed by atoms with van der Waals surface area (Å²) < 4.78 is 7.84. The van der Waals surface area contributed by atoms with Gasteiger partial charge in [-0.1, -0.05) is 17.8 Å². The molecule has 0 unspecified atom stereocenters. The summed E-state index contributed by atoms with van der Waals surface area (Å²) in [6.07, 6.45) is 4.30. The van der Waals surface area contributed by atoms with Crippen molar-refractivity contribution in [3.8, 4) is 11.8 Å². The fourth-order valence-corrected chi connectivity index (χ4v) is 3.04. The molecule has 2 aromatic rings. The van der Waals surface area contributed by atoms with Crippen LogP contribution in [0.2, 0.25) is 0 Å². The molecule has 118 valence electrons. The van der Waals surface area contributed by atoms with Crippen LogP contribution in [0.15, 0.2) is 42.1 Å². The molecule has 1 aliphatic carbocycles. The van der Waals surface area contributed by atoms with E-state index < -0.39 is 0 Å². The molecule has 1 heterocycles. The third-order valence-corrected chi connectivity index (χ3v) is 4.50. The number of ether oxygens (including phenoxy) is 1. The lowest BCUT2D eigenvalue weighted by Gasteiger charge is -2.08. The zero-order valence-corrected chi connectivity index (χ0v) is 13.6. The molecule has 1 aliphatic rings. The summed E-state index contributed by atoms with van der Waals surface area (Å²) in [4.78, 5) is 0. The third kappa shape index (κ3) is 3.93. The van der Waals surface area contributed by atoms with Crippen LogP contribution >= 0.6 is 11.8 Å². The number of rotatable bonds is 8. The van der Waals surface area contributed by atoms with Gasteiger partial charge in [0.1, 0.15) is 11.6 Å². The van der Waals surface area contributed by atoms with Crippen molar-refractivity contribution in [2.75, 3.05) is 12.4 Å². The van der Waals surface area contributed by atoms with Crippen molar-refractivity contribution in [2.45, 2.75) is 30.5 Å².